The van der Waals surface area contributed by atoms with Crippen LogP contribution in [0.1, 0.15) is 16.7 Å². The summed E-state index contributed by atoms with van der Waals surface area (Å²) < 4.78 is 29.6. The maximum Gasteiger partial charge on any atom is 0.262 e. The van der Waals surface area contributed by atoms with Crippen molar-refractivity contribution in [3.8, 4) is 0 Å². The van der Waals surface area contributed by atoms with E-state index in [1.54, 1.807) is 18.2 Å². The molecule has 4 aromatic rings. The molecule has 1 aliphatic rings. The fraction of sp³-hybridized carbons (Fsp3) is 0.148. The van der Waals surface area contributed by atoms with Gasteiger partial charge in [-0.1, -0.05) is 60.7 Å². The summed E-state index contributed by atoms with van der Waals surface area (Å²) in [7, 11) is 0.102. The fourth-order valence-corrected chi connectivity index (χ4v) is 5.69. The van der Waals surface area contributed by atoms with Crippen LogP contribution in [0.15, 0.2) is 94.8 Å². The van der Waals surface area contributed by atoms with Gasteiger partial charge in [-0.3, -0.25) is 9.71 Å². The van der Waals surface area contributed by atoms with Gasteiger partial charge in [0.15, 0.2) is 0 Å². The van der Waals surface area contributed by atoms with Crippen molar-refractivity contribution in [1.82, 2.24) is 0 Å². The maximum atomic E-state index is 13.4. The number of fused-ring (bicyclic) bond motifs is 2. The molecule has 4 aromatic carbocycles. The summed E-state index contributed by atoms with van der Waals surface area (Å²) in [4.78, 5) is 6.98. The van der Waals surface area contributed by atoms with Gasteiger partial charge in [0.1, 0.15) is 0 Å². The molecule has 1 aliphatic heterocycles. The third-order valence-electron chi connectivity index (χ3n) is 5.94. The van der Waals surface area contributed by atoms with E-state index in [0.717, 1.165) is 40.9 Å². The van der Waals surface area contributed by atoms with E-state index in [0.29, 0.717) is 11.1 Å². The number of nitrogens with one attached hydrogen (secondary N) is 1. The molecule has 5 nitrogen and oxygen atoms in total. The minimum Gasteiger partial charge on any atom is -0.377 e. The SMILES string of the molecule is CN(C)c1cccc2c(S(=O)(=O)Nc3cccc(C4=NCCc5ccccc54)c3)cccc12. The van der Waals surface area contributed by atoms with Crippen LogP contribution in [0.5, 0.6) is 0 Å². The first-order valence-electron chi connectivity index (χ1n) is 10.9. The van der Waals surface area contributed by atoms with E-state index >= 15 is 0 Å². The molecule has 166 valence electrons. The van der Waals surface area contributed by atoms with Crippen LogP contribution in [0.2, 0.25) is 0 Å². The lowest BCUT2D eigenvalue weighted by atomic mass is 9.93. The number of aliphatic imine (C=N–C) groups is 1. The summed E-state index contributed by atoms with van der Waals surface area (Å²) in [5, 5.41) is 1.59. The molecule has 5 rings (SSSR count). The molecule has 33 heavy (non-hydrogen) atoms. The first-order chi connectivity index (χ1) is 15.9. The molecular weight excluding hydrogens is 430 g/mol. The molecule has 0 aliphatic carbocycles. The van der Waals surface area contributed by atoms with E-state index in [9.17, 15) is 8.42 Å². The minimum absolute atomic E-state index is 0.259. The van der Waals surface area contributed by atoms with Crippen LogP contribution >= 0.6 is 0 Å². The van der Waals surface area contributed by atoms with Crippen molar-refractivity contribution in [1.29, 1.82) is 0 Å². The Balaban J connectivity index is 1.52. The smallest absolute Gasteiger partial charge is 0.262 e. The predicted octanol–water partition coefficient (Wildman–Crippen LogP) is 5.10. The van der Waals surface area contributed by atoms with Crippen LogP contribution in [0.4, 0.5) is 11.4 Å². The zero-order valence-electron chi connectivity index (χ0n) is 18.6. The van der Waals surface area contributed by atoms with Crippen molar-refractivity contribution < 1.29 is 8.42 Å². The number of hydrogen-bond acceptors (Lipinski definition) is 4. The molecule has 0 saturated carbocycles. The standard InChI is InChI=1S/C27H25N3O2S/c1-30(2)25-14-6-13-24-23(25)12-7-15-26(24)33(31,32)29-21-10-5-9-20(18-21)27-22-11-4-3-8-19(22)16-17-28-27/h3-15,18,29H,16-17H2,1-2H3. The van der Waals surface area contributed by atoms with Crippen molar-refractivity contribution >= 4 is 37.9 Å². The Kier molecular flexibility index (Phi) is 5.38. The third kappa shape index (κ3) is 3.98. The molecule has 0 unspecified atom stereocenters. The van der Waals surface area contributed by atoms with Crippen LogP contribution in [-0.2, 0) is 16.4 Å². The van der Waals surface area contributed by atoms with Gasteiger partial charge in [-0.2, -0.15) is 0 Å². The van der Waals surface area contributed by atoms with E-state index in [2.05, 4.69) is 16.9 Å². The third-order valence-corrected chi connectivity index (χ3v) is 7.38. The Morgan fingerprint density at radius 1 is 0.848 bits per heavy atom. The summed E-state index contributed by atoms with van der Waals surface area (Å²) >= 11 is 0. The van der Waals surface area contributed by atoms with Gasteiger partial charge in [0.2, 0.25) is 0 Å². The largest absolute Gasteiger partial charge is 0.377 e. The molecule has 0 spiro atoms. The Morgan fingerprint density at radius 3 is 2.45 bits per heavy atom. The van der Waals surface area contributed by atoms with Crippen LogP contribution in [0, 0.1) is 0 Å². The quantitative estimate of drug-likeness (QED) is 0.455. The van der Waals surface area contributed by atoms with Gasteiger partial charge in [0, 0.05) is 53.9 Å². The number of nitrogens with zero attached hydrogens (tertiary/aromatic N) is 2. The molecule has 0 aromatic heterocycles. The highest BCUT2D eigenvalue weighted by Crippen LogP contribution is 2.31. The van der Waals surface area contributed by atoms with Gasteiger partial charge in [0.05, 0.1) is 10.6 Å². The van der Waals surface area contributed by atoms with Crippen molar-refractivity contribution in [2.24, 2.45) is 4.99 Å². The van der Waals surface area contributed by atoms with Crippen molar-refractivity contribution in [3.05, 3.63) is 102 Å². The number of anilines is 2. The summed E-state index contributed by atoms with van der Waals surface area (Å²) in [5.41, 5.74) is 5.66. The van der Waals surface area contributed by atoms with Gasteiger partial charge in [-0.25, -0.2) is 8.42 Å². The Morgan fingerprint density at radius 2 is 1.61 bits per heavy atom. The topological polar surface area (TPSA) is 61.8 Å². The van der Waals surface area contributed by atoms with E-state index in [1.165, 1.54) is 5.56 Å². The van der Waals surface area contributed by atoms with Gasteiger partial charge >= 0.3 is 0 Å². The minimum atomic E-state index is -3.80. The summed E-state index contributed by atoms with van der Waals surface area (Å²) in [6.45, 7) is 0.729. The lowest BCUT2D eigenvalue weighted by molar-refractivity contribution is 0.602. The van der Waals surface area contributed by atoms with Crippen LogP contribution in [0.25, 0.3) is 10.8 Å². The average molecular weight is 456 g/mol. The first-order valence-corrected chi connectivity index (χ1v) is 12.4. The van der Waals surface area contributed by atoms with Gasteiger partial charge in [0.25, 0.3) is 10.0 Å². The van der Waals surface area contributed by atoms with Crippen molar-refractivity contribution in [2.75, 3.05) is 30.3 Å². The molecule has 0 atom stereocenters. The lowest BCUT2D eigenvalue weighted by Gasteiger charge is -2.18. The zero-order valence-corrected chi connectivity index (χ0v) is 19.4. The molecule has 0 saturated heterocycles. The van der Waals surface area contributed by atoms with Gasteiger partial charge in [-0.15, -0.1) is 0 Å². The second-order valence-electron chi connectivity index (χ2n) is 8.35. The second-order valence-corrected chi connectivity index (χ2v) is 10.00. The highest BCUT2D eigenvalue weighted by atomic mass is 32.2. The molecular formula is C27H25N3O2S. The number of rotatable bonds is 5. The van der Waals surface area contributed by atoms with Gasteiger partial charge < -0.3 is 4.90 Å². The normalized spacial score (nSPS) is 13.3. The highest BCUT2D eigenvalue weighted by Gasteiger charge is 2.20. The summed E-state index contributed by atoms with van der Waals surface area (Å²) in [5.74, 6) is 0. The molecule has 1 N–H and O–H groups in total. The van der Waals surface area contributed by atoms with E-state index in [-0.39, 0.29) is 4.90 Å². The summed E-state index contributed by atoms with van der Waals surface area (Å²) in [6.07, 6.45) is 0.919. The Labute approximate surface area is 194 Å². The zero-order chi connectivity index (χ0) is 23.0. The maximum absolute atomic E-state index is 13.4. The van der Waals surface area contributed by atoms with Crippen LogP contribution < -0.4 is 9.62 Å². The molecule has 0 fully saturated rings. The average Bonchev–Trinajstić information content (AvgIpc) is 2.82. The number of sulfonamides is 1. The molecule has 0 bridgehead atoms. The predicted molar refractivity (Wildman–Crippen MR) is 136 cm³/mol. The number of benzene rings is 4. The van der Waals surface area contributed by atoms with Gasteiger partial charge in [-0.05, 0) is 36.2 Å². The van der Waals surface area contributed by atoms with E-state index in [1.807, 2.05) is 73.6 Å². The number of hydrogen-bond donors (Lipinski definition) is 1. The van der Waals surface area contributed by atoms with Crippen LogP contribution in [0.3, 0.4) is 0 Å². The Hall–Kier alpha value is -3.64. The summed E-state index contributed by atoms with van der Waals surface area (Å²) in [6, 6.07) is 26.8. The first kappa shape index (κ1) is 21.2. The second kappa shape index (κ2) is 8.37. The highest BCUT2D eigenvalue weighted by molar-refractivity contribution is 7.93. The lowest BCUT2D eigenvalue weighted by Crippen LogP contribution is -2.16. The van der Waals surface area contributed by atoms with Crippen molar-refractivity contribution in [2.45, 2.75) is 11.3 Å². The molecule has 0 amide bonds. The Bertz CT molecular complexity index is 1490. The molecule has 1 heterocycles. The fourth-order valence-electron chi connectivity index (χ4n) is 4.42. The van der Waals surface area contributed by atoms with Crippen LogP contribution in [-0.4, -0.2) is 34.8 Å². The molecule has 6 heteroatoms. The van der Waals surface area contributed by atoms with E-state index < -0.39 is 10.0 Å². The van der Waals surface area contributed by atoms with Crippen molar-refractivity contribution in [3.63, 3.8) is 0 Å². The van der Waals surface area contributed by atoms with E-state index in [4.69, 9.17) is 4.99 Å². The molecule has 0 radical (unpaired) electrons. The monoisotopic (exact) mass is 455 g/mol.